The molecule has 0 aliphatic rings. The van der Waals surface area contributed by atoms with Crippen LogP contribution in [-0.4, -0.2) is 9.97 Å². The van der Waals surface area contributed by atoms with Crippen molar-refractivity contribution in [1.82, 2.24) is 9.97 Å². The molecule has 0 saturated heterocycles. The quantitative estimate of drug-likeness (QED) is 0.201. The maximum absolute atomic E-state index is 4.83. The Balaban J connectivity index is 1.63. The molecule has 2 heteroatoms. The van der Waals surface area contributed by atoms with E-state index in [0.717, 1.165) is 22.8 Å². The van der Waals surface area contributed by atoms with Crippen molar-refractivity contribution < 1.29 is 0 Å². The highest BCUT2D eigenvalue weighted by atomic mass is 14.7. The lowest BCUT2D eigenvalue weighted by Crippen LogP contribution is -1.93. The van der Waals surface area contributed by atoms with E-state index in [-0.39, 0.29) is 0 Å². The van der Waals surface area contributed by atoms with Crippen LogP contribution in [0.5, 0.6) is 0 Å². The molecule has 0 aliphatic carbocycles. The molecule has 160 valence electrons. The molecule has 0 saturated carbocycles. The summed E-state index contributed by atoms with van der Waals surface area (Å²) >= 11 is 0. The highest BCUT2D eigenvalue weighted by molar-refractivity contribution is 6.35. The first-order valence-corrected chi connectivity index (χ1v) is 11.7. The molecule has 0 radical (unpaired) electrons. The van der Waals surface area contributed by atoms with Crippen LogP contribution in [0.2, 0.25) is 0 Å². The predicted octanol–water partition coefficient (Wildman–Crippen LogP) is 8.48. The Morgan fingerprint density at radius 3 is 1.21 bits per heavy atom. The zero-order chi connectivity index (χ0) is 22.8. The Labute approximate surface area is 197 Å². The highest BCUT2D eigenvalue weighted by Crippen LogP contribution is 2.44. The van der Waals surface area contributed by atoms with E-state index in [9.17, 15) is 0 Å². The van der Waals surface area contributed by atoms with Crippen LogP contribution in [-0.2, 0) is 0 Å². The molecule has 2 nitrogen and oxygen atoms in total. The highest BCUT2D eigenvalue weighted by Gasteiger charge is 2.17. The molecule has 0 amide bonds. The van der Waals surface area contributed by atoms with E-state index in [0.29, 0.717) is 0 Å². The van der Waals surface area contributed by atoms with Gasteiger partial charge in [-0.3, -0.25) is 9.97 Å². The van der Waals surface area contributed by atoms with Crippen LogP contribution in [0.25, 0.3) is 65.6 Å². The second-order valence-corrected chi connectivity index (χ2v) is 9.11. The fourth-order valence-corrected chi connectivity index (χ4v) is 5.54. The van der Waals surface area contributed by atoms with Crippen LogP contribution < -0.4 is 0 Å². The molecular weight excluding hydrogens is 412 g/mol. The lowest BCUT2D eigenvalue weighted by Gasteiger charge is -2.18. The van der Waals surface area contributed by atoms with E-state index in [2.05, 4.69) is 84.9 Å². The van der Waals surface area contributed by atoms with E-state index < -0.39 is 0 Å². The first-order chi connectivity index (χ1) is 16.7. The SMILES string of the molecule is Cc1cccc(-c2ccc3c4cccc5c(-c6cccc(C)n6)ccc(c6cccc2c63)c54)n1. The predicted molar refractivity (Wildman–Crippen MR) is 144 cm³/mol. The topological polar surface area (TPSA) is 25.8 Å². The molecule has 7 aromatic rings. The Hall–Kier alpha value is -4.30. The molecule has 2 aromatic heterocycles. The van der Waals surface area contributed by atoms with E-state index in [1.54, 1.807) is 0 Å². The van der Waals surface area contributed by atoms with Crippen LogP contribution in [0.4, 0.5) is 0 Å². The van der Waals surface area contributed by atoms with Gasteiger partial charge in [-0.15, -0.1) is 0 Å². The number of pyridine rings is 2. The summed E-state index contributed by atoms with van der Waals surface area (Å²) in [6, 6.07) is 34.8. The molecule has 0 aliphatic heterocycles. The van der Waals surface area contributed by atoms with Crippen LogP contribution in [0.1, 0.15) is 11.4 Å². The normalized spacial score (nSPS) is 11.8. The van der Waals surface area contributed by atoms with Gasteiger partial charge in [0, 0.05) is 22.5 Å². The first-order valence-electron chi connectivity index (χ1n) is 11.7. The number of aryl methyl sites for hydroxylation is 2. The van der Waals surface area contributed by atoms with E-state index in [1.807, 2.05) is 26.0 Å². The van der Waals surface area contributed by atoms with Crippen LogP contribution >= 0.6 is 0 Å². The average molecular weight is 435 g/mol. The molecule has 5 aromatic carbocycles. The minimum atomic E-state index is 1.02. The van der Waals surface area contributed by atoms with Gasteiger partial charge in [0.15, 0.2) is 0 Å². The van der Waals surface area contributed by atoms with Crippen molar-refractivity contribution in [2.45, 2.75) is 13.8 Å². The number of nitrogens with zero attached hydrogens (tertiary/aromatic N) is 2. The summed E-state index contributed by atoms with van der Waals surface area (Å²) in [6.07, 6.45) is 0. The summed E-state index contributed by atoms with van der Waals surface area (Å²) in [4.78, 5) is 9.65. The van der Waals surface area contributed by atoms with Gasteiger partial charge in [0.1, 0.15) is 0 Å². The zero-order valence-electron chi connectivity index (χ0n) is 19.1. The van der Waals surface area contributed by atoms with Gasteiger partial charge in [-0.2, -0.15) is 0 Å². The molecular formula is C32H22N2. The lowest BCUT2D eigenvalue weighted by atomic mass is 9.86. The van der Waals surface area contributed by atoms with Crippen LogP contribution in [0.3, 0.4) is 0 Å². The number of rotatable bonds is 2. The molecule has 0 N–H and O–H groups in total. The summed E-state index contributed by atoms with van der Waals surface area (Å²) in [7, 11) is 0. The maximum Gasteiger partial charge on any atom is 0.0711 e. The monoisotopic (exact) mass is 434 g/mol. The molecule has 34 heavy (non-hydrogen) atoms. The Morgan fingerprint density at radius 2 is 0.765 bits per heavy atom. The molecule has 0 bridgehead atoms. The van der Waals surface area contributed by atoms with Crippen molar-refractivity contribution in [3.8, 4) is 22.5 Å². The summed E-state index contributed by atoms with van der Waals surface area (Å²) in [5.41, 5.74) is 6.47. The van der Waals surface area contributed by atoms with Crippen LogP contribution in [0, 0.1) is 13.8 Å². The summed E-state index contributed by atoms with van der Waals surface area (Å²) < 4.78 is 0. The number of benzene rings is 5. The van der Waals surface area contributed by atoms with Gasteiger partial charge in [-0.1, -0.05) is 72.8 Å². The van der Waals surface area contributed by atoms with E-state index in [4.69, 9.17) is 9.97 Å². The smallest absolute Gasteiger partial charge is 0.0711 e. The van der Waals surface area contributed by atoms with Crippen molar-refractivity contribution in [3.05, 3.63) is 108 Å². The summed E-state index contributed by atoms with van der Waals surface area (Å²) in [6.45, 7) is 4.10. The molecule has 0 fully saturated rings. The number of hydrogen-bond donors (Lipinski definition) is 0. The van der Waals surface area contributed by atoms with E-state index in [1.165, 1.54) is 54.2 Å². The Morgan fingerprint density at radius 1 is 0.382 bits per heavy atom. The lowest BCUT2D eigenvalue weighted by molar-refractivity contribution is 1.21. The molecule has 0 unspecified atom stereocenters. The molecule has 0 spiro atoms. The molecule has 7 rings (SSSR count). The number of fused-ring (bicyclic) bond motifs is 2. The fraction of sp³-hybridized carbons (Fsp3) is 0.0625. The zero-order valence-corrected chi connectivity index (χ0v) is 19.1. The Kier molecular flexibility index (Phi) is 4.01. The molecule has 2 heterocycles. The second kappa shape index (κ2) is 7.10. The summed E-state index contributed by atoms with van der Waals surface area (Å²) in [5, 5.41) is 10.3. The number of aromatic nitrogens is 2. The van der Waals surface area contributed by atoms with E-state index >= 15 is 0 Å². The first kappa shape index (κ1) is 19.2. The van der Waals surface area contributed by atoms with Gasteiger partial charge in [-0.25, -0.2) is 0 Å². The van der Waals surface area contributed by atoms with Crippen molar-refractivity contribution in [1.29, 1.82) is 0 Å². The maximum atomic E-state index is 4.83. The van der Waals surface area contributed by atoms with Gasteiger partial charge in [0.25, 0.3) is 0 Å². The van der Waals surface area contributed by atoms with Crippen molar-refractivity contribution in [2.75, 3.05) is 0 Å². The Bertz CT molecular complexity index is 1720. The third-order valence-corrected chi connectivity index (χ3v) is 6.99. The summed E-state index contributed by atoms with van der Waals surface area (Å²) in [5.74, 6) is 0. The second-order valence-electron chi connectivity index (χ2n) is 9.11. The van der Waals surface area contributed by atoms with Gasteiger partial charge >= 0.3 is 0 Å². The van der Waals surface area contributed by atoms with Crippen molar-refractivity contribution >= 4 is 43.1 Å². The number of hydrogen-bond acceptors (Lipinski definition) is 2. The minimum Gasteiger partial charge on any atom is -0.253 e. The molecule has 0 atom stereocenters. The van der Waals surface area contributed by atoms with Gasteiger partial charge < -0.3 is 0 Å². The third kappa shape index (κ3) is 2.69. The minimum absolute atomic E-state index is 1.02. The van der Waals surface area contributed by atoms with Crippen LogP contribution in [0.15, 0.2) is 97.1 Å². The average Bonchev–Trinajstić information content (AvgIpc) is 2.86. The van der Waals surface area contributed by atoms with Gasteiger partial charge in [0.2, 0.25) is 0 Å². The standard InChI is InChI=1S/C32H22N2/c1-19-7-3-13-29(33-19)21-15-17-27-26-12-6-10-24-22(30-14-4-8-20(2)34-30)16-18-28(32(24)26)25-11-5-9-23(21)31(25)27/h3-18H,1-2H3. The van der Waals surface area contributed by atoms with Crippen molar-refractivity contribution in [2.24, 2.45) is 0 Å². The third-order valence-electron chi connectivity index (χ3n) is 6.99. The largest absolute Gasteiger partial charge is 0.253 e. The van der Waals surface area contributed by atoms with Gasteiger partial charge in [0.05, 0.1) is 11.4 Å². The fourth-order valence-electron chi connectivity index (χ4n) is 5.54. The van der Waals surface area contributed by atoms with Gasteiger partial charge in [-0.05, 0) is 81.2 Å². The van der Waals surface area contributed by atoms with Crippen molar-refractivity contribution in [3.63, 3.8) is 0 Å².